The van der Waals surface area contributed by atoms with Gasteiger partial charge in [0.25, 0.3) is 5.91 Å². The molecule has 2 aliphatic carbocycles. The Morgan fingerprint density at radius 1 is 1.11 bits per heavy atom. The van der Waals surface area contributed by atoms with Gasteiger partial charge in [0.2, 0.25) is 5.91 Å². The molecule has 0 aromatic rings. The van der Waals surface area contributed by atoms with Crippen LogP contribution in [0.1, 0.15) is 39.0 Å². The minimum absolute atomic E-state index is 0.0456. The molecule has 150 valence electrons. The molecule has 3 saturated heterocycles. The number of carbonyl (C=O) groups is 2. The monoisotopic (exact) mass is 377 g/mol. The predicted octanol–water partition coefficient (Wildman–Crippen LogP) is 0.888. The quantitative estimate of drug-likeness (QED) is 0.728. The van der Waals surface area contributed by atoms with Crippen molar-refractivity contribution in [1.29, 1.82) is 0 Å². The lowest BCUT2D eigenvalue weighted by molar-refractivity contribution is -0.226. The highest BCUT2D eigenvalue weighted by molar-refractivity contribution is 5.83. The zero-order valence-corrected chi connectivity index (χ0v) is 16.3. The summed E-state index contributed by atoms with van der Waals surface area (Å²) in [7, 11) is 0. The van der Waals surface area contributed by atoms with Crippen LogP contribution in [0, 0.1) is 17.8 Å². The first kappa shape index (κ1) is 17.9. The maximum Gasteiger partial charge on any atom is 0.265 e. The van der Waals surface area contributed by atoms with Crippen molar-refractivity contribution < 1.29 is 19.2 Å². The molecular weight excluding hydrogens is 346 g/mol. The second-order valence-electron chi connectivity index (χ2n) is 9.38. The van der Waals surface area contributed by atoms with E-state index in [0.717, 1.165) is 32.4 Å². The zero-order valence-electron chi connectivity index (χ0n) is 16.3. The van der Waals surface area contributed by atoms with Crippen LogP contribution in [0.4, 0.5) is 0 Å². The molecule has 1 spiro atoms. The fraction of sp³-hybridized carbons (Fsp3) is 0.900. The number of rotatable bonds is 4. The van der Waals surface area contributed by atoms with E-state index in [2.05, 4.69) is 11.8 Å². The minimum Gasteiger partial charge on any atom is -0.368 e. The van der Waals surface area contributed by atoms with Gasteiger partial charge in [0.05, 0.1) is 26.3 Å². The molecule has 3 aliphatic heterocycles. The third kappa shape index (κ3) is 3.49. The van der Waals surface area contributed by atoms with Gasteiger partial charge in [-0.2, -0.15) is 0 Å². The molecule has 5 fully saturated rings. The van der Waals surface area contributed by atoms with Crippen LogP contribution < -0.4 is 0 Å². The van der Waals surface area contributed by atoms with Crippen LogP contribution in [0.2, 0.25) is 0 Å². The molecule has 0 N–H and O–H groups in total. The van der Waals surface area contributed by atoms with E-state index in [4.69, 9.17) is 9.57 Å². The molecule has 27 heavy (non-hydrogen) atoms. The molecule has 0 aromatic carbocycles. The lowest BCUT2D eigenvalue weighted by Gasteiger charge is -2.55. The second kappa shape index (κ2) is 6.71. The average molecular weight is 377 g/mol. The Kier molecular flexibility index (Phi) is 4.44. The number of morpholine rings is 1. The molecule has 3 heterocycles. The van der Waals surface area contributed by atoms with Gasteiger partial charge in [-0.1, -0.05) is 6.92 Å². The highest BCUT2D eigenvalue weighted by Gasteiger charge is 2.55. The van der Waals surface area contributed by atoms with Gasteiger partial charge < -0.3 is 9.64 Å². The van der Waals surface area contributed by atoms with E-state index < -0.39 is 0 Å². The van der Waals surface area contributed by atoms with E-state index in [9.17, 15) is 9.59 Å². The lowest BCUT2D eigenvalue weighted by atomic mass is 9.89. The summed E-state index contributed by atoms with van der Waals surface area (Å²) < 4.78 is 6.23. The maximum atomic E-state index is 13.0. The van der Waals surface area contributed by atoms with Crippen LogP contribution in [0.15, 0.2) is 0 Å². The number of hydrogen-bond acceptors (Lipinski definition) is 5. The van der Waals surface area contributed by atoms with Crippen molar-refractivity contribution in [2.24, 2.45) is 17.8 Å². The lowest BCUT2D eigenvalue weighted by Crippen LogP contribution is -2.74. The zero-order chi connectivity index (χ0) is 18.6. The molecule has 0 aromatic heterocycles. The highest BCUT2D eigenvalue weighted by Crippen LogP contribution is 2.42. The van der Waals surface area contributed by atoms with E-state index in [1.807, 2.05) is 4.90 Å². The van der Waals surface area contributed by atoms with E-state index in [-0.39, 0.29) is 23.5 Å². The summed E-state index contributed by atoms with van der Waals surface area (Å²) in [5.41, 5.74) is -0.276. The Morgan fingerprint density at radius 2 is 1.89 bits per heavy atom. The van der Waals surface area contributed by atoms with Crippen LogP contribution >= 0.6 is 0 Å². The first-order chi connectivity index (χ1) is 13.0. The van der Waals surface area contributed by atoms with E-state index in [1.54, 1.807) is 5.06 Å². The summed E-state index contributed by atoms with van der Waals surface area (Å²) in [6.07, 6.45) is 5.57. The number of likely N-dealkylation sites (tertiary alicyclic amines) is 1. The number of ether oxygens (including phenoxy) is 1. The molecule has 2 saturated carbocycles. The molecule has 0 radical (unpaired) electrons. The summed E-state index contributed by atoms with van der Waals surface area (Å²) in [5.74, 6) is 1.83. The summed E-state index contributed by atoms with van der Waals surface area (Å²) in [6, 6.07) is -0.248. The van der Waals surface area contributed by atoms with Gasteiger partial charge in [-0.3, -0.25) is 19.3 Å². The molecule has 7 heteroatoms. The Labute approximate surface area is 160 Å². The fourth-order valence-electron chi connectivity index (χ4n) is 4.77. The third-order valence-electron chi connectivity index (χ3n) is 6.90. The molecule has 5 rings (SSSR count). The molecular formula is C20H31N3O4. The van der Waals surface area contributed by atoms with E-state index >= 15 is 0 Å². The molecule has 0 bridgehead atoms. The van der Waals surface area contributed by atoms with Gasteiger partial charge in [-0.15, -0.1) is 0 Å². The number of amides is 2. The van der Waals surface area contributed by atoms with E-state index in [0.29, 0.717) is 50.6 Å². The number of carbonyl (C=O) groups excluding carboxylic acids is 2. The van der Waals surface area contributed by atoms with Gasteiger partial charge in [-0.25, -0.2) is 5.06 Å². The van der Waals surface area contributed by atoms with Crippen LogP contribution in [0.3, 0.4) is 0 Å². The normalized spacial score (nSPS) is 35.8. The molecule has 5 aliphatic rings. The standard InChI is InChI=1S/C20H31N3O4/c1-14-8-16(14)18(24)22-12-20(13-22)11-21(9-15-4-5-15)17(10-26-20)19(25)23-6-2-3-7-27-23/h14-17H,2-13H2,1H3/t14-,16-,17+/m1/s1. The summed E-state index contributed by atoms with van der Waals surface area (Å²) in [6.45, 7) is 6.93. The average Bonchev–Trinajstić information content (AvgIpc) is 3.58. The van der Waals surface area contributed by atoms with Crippen molar-refractivity contribution in [1.82, 2.24) is 14.9 Å². The second-order valence-corrected chi connectivity index (χ2v) is 9.38. The van der Waals surface area contributed by atoms with Crippen molar-refractivity contribution in [3.63, 3.8) is 0 Å². The molecule has 0 unspecified atom stereocenters. The SMILES string of the molecule is C[C@@H]1C[C@H]1C(=O)N1CC2(C1)CN(CC1CC1)[C@H](C(=O)N1CCCCO1)CO2. The highest BCUT2D eigenvalue weighted by atomic mass is 16.7. The van der Waals surface area contributed by atoms with Crippen molar-refractivity contribution in [3.8, 4) is 0 Å². The first-order valence-corrected chi connectivity index (χ1v) is 10.7. The van der Waals surface area contributed by atoms with Crippen LogP contribution in [0.5, 0.6) is 0 Å². The molecule has 3 atom stereocenters. The predicted molar refractivity (Wildman–Crippen MR) is 97.5 cm³/mol. The molecule has 2 amide bonds. The first-order valence-electron chi connectivity index (χ1n) is 10.7. The number of hydrogen-bond donors (Lipinski definition) is 0. The molecule has 7 nitrogen and oxygen atoms in total. The van der Waals surface area contributed by atoms with Crippen molar-refractivity contribution >= 4 is 11.8 Å². The largest absolute Gasteiger partial charge is 0.368 e. The number of nitrogens with zero attached hydrogens (tertiary/aromatic N) is 3. The smallest absolute Gasteiger partial charge is 0.265 e. The summed E-state index contributed by atoms with van der Waals surface area (Å²) in [5, 5.41) is 1.56. The maximum absolute atomic E-state index is 13.0. The number of hydroxylamine groups is 2. The Balaban J connectivity index is 1.22. The minimum atomic E-state index is -0.276. The van der Waals surface area contributed by atoms with Crippen LogP contribution in [0.25, 0.3) is 0 Å². The Bertz CT molecular complexity index is 610. The topological polar surface area (TPSA) is 62.3 Å². The Hall–Kier alpha value is -1.18. The van der Waals surface area contributed by atoms with Gasteiger partial charge in [0.15, 0.2) is 0 Å². The van der Waals surface area contributed by atoms with Crippen LogP contribution in [-0.2, 0) is 19.2 Å². The third-order valence-corrected chi connectivity index (χ3v) is 6.90. The van der Waals surface area contributed by atoms with Gasteiger partial charge in [-0.05, 0) is 43.9 Å². The van der Waals surface area contributed by atoms with Crippen molar-refractivity contribution in [2.45, 2.75) is 50.7 Å². The van der Waals surface area contributed by atoms with E-state index in [1.165, 1.54) is 12.8 Å². The van der Waals surface area contributed by atoms with Crippen molar-refractivity contribution in [2.75, 3.05) is 45.9 Å². The van der Waals surface area contributed by atoms with Crippen molar-refractivity contribution in [3.05, 3.63) is 0 Å². The summed E-state index contributed by atoms with van der Waals surface area (Å²) >= 11 is 0. The van der Waals surface area contributed by atoms with Crippen LogP contribution in [-0.4, -0.2) is 84.3 Å². The summed E-state index contributed by atoms with van der Waals surface area (Å²) in [4.78, 5) is 35.3. The Morgan fingerprint density at radius 3 is 2.52 bits per heavy atom. The van der Waals surface area contributed by atoms with Gasteiger partial charge in [0.1, 0.15) is 11.6 Å². The van der Waals surface area contributed by atoms with Gasteiger partial charge in [0, 0.05) is 25.6 Å². The van der Waals surface area contributed by atoms with Gasteiger partial charge >= 0.3 is 0 Å². The fourth-order valence-corrected chi connectivity index (χ4v) is 4.77.